The highest BCUT2D eigenvalue weighted by Gasteiger charge is 2.33. The predicted molar refractivity (Wildman–Crippen MR) is 98.8 cm³/mol. The van der Waals surface area contributed by atoms with Crippen LogP contribution in [0.5, 0.6) is 0 Å². The van der Waals surface area contributed by atoms with E-state index >= 15 is 0 Å². The van der Waals surface area contributed by atoms with Gasteiger partial charge >= 0.3 is 6.18 Å². The molecule has 1 aromatic carbocycles. The summed E-state index contributed by atoms with van der Waals surface area (Å²) in [6, 6.07) is 8.05. The minimum atomic E-state index is -4.54. The highest BCUT2D eigenvalue weighted by atomic mass is 79.9. The summed E-state index contributed by atoms with van der Waals surface area (Å²) in [5, 5.41) is 2.33. The van der Waals surface area contributed by atoms with E-state index in [0.29, 0.717) is 30.8 Å². The molecule has 0 atom stereocenters. The number of hydrogen-bond acceptors (Lipinski definition) is 4. The number of alkyl halides is 3. The van der Waals surface area contributed by atoms with Crippen LogP contribution in [0.15, 0.2) is 45.5 Å². The molecule has 0 radical (unpaired) electrons. The Kier molecular flexibility index (Phi) is 6.09. The third-order valence-electron chi connectivity index (χ3n) is 4.32. The summed E-state index contributed by atoms with van der Waals surface area (Å²) in [6.45, 7) is 1.59. The van der Waals surface area contributed by atoms with E-state index in [0.717, 1.165) is 6.07 Å². The SMILES string of the molecule is O=C(CN1CCN(C(=O)c2ccc(Br)o2)CC1)Nc1ccccc1C(F)(F)F. The van der Waals surface area contributed by atoms with Crippen molar-refractivity contribution in [3.63, 3.8) is 0 Å². The van der Waals surface area contributed by atoms with Gasteiger partial charge in [0.25, 0.3) is 5.91 Å². The van der Waals surface area contributed by atoms with E-state index in [9.17, 15) is 22.8 Å². The quantitative estimate of drug-likeness (QED) is 0.760. The van der Waals surface area contributed by atoms with E-state index in [1.165, 1.54) is 18.2 Å². The zero-order valence-corrected chi connectivity index (χ0v) is 16.2. The van der Waals surface area contributed by atoms with Gasteiger partial charge in [-0.15, -0.1) is 0 Å². The number of carbonyl (C=O) groups excluding carboxylic acids is 2. The molecule has 1 saturated heterocycles. The van der Waals surface area contributed by atoms with Crippen molar-refractivity contribution in [3.05, 3.63) is 52.4 Å². The highest BCUT2D eigenvalue weighted by molar-refractivity contribution is 9.10. The van der Waals surface area contributed by atoms with Crippen LogP contribution in [0.2, 0.25) is 0 Å². The Hall–Kier alpha value is -2.33. The second-order valence-electron chi connectivity index (χ2n) is 6.26. The van der Waals surface area contributed by atoms with Crippen LogP contribution in [0.1, 0.15) is 16.1 Å². The lowest BCUT2D eigenvalue weighted by Gasteiger charge is -2.33. The van der Waals surface area contributed by atoms with E-state index in [1.54, 1.807) is 21.9 Å². The number of nitrogens with one attached hydrogen (secondary N) is 1. The largest absolute Gasteiger partial charge is 0.444 e. The van der Waals surface area contributed by atoms with Crippen molar-refractivity contribution in [2.75, 3.05) is 38.0 Å². The fourth-order valence-electron chi connectivity index (χ4n) is 2.93. The molecule has 28 heavy (non-hydrogen) atoms. The van der Waals surface area contributed by atoms with Gasteiger partial charge in [-0.25, -0.2) is 0 Å². The van der Waals surface area contributed by atoms with Crippen LogP contribution in [0.25, 0.3) is 0 Å². The number of carbonyl (C=O) groups is 2. The molecule has 2 aromatic rings. The van der Waals surface area contributed by atoms with Crippen LogP contribution in [-0.2, 0) is 11.0 Å². The zero-order chi connectivity index (χ0) is 20.3. The average Bonchev–Trinajstić information content (AvgIpc) is 3.07. The molecule has 150 valence electrons. The molecule has 0 bridgehead atoms. The Labute approximate surface area is 167 Å². The van der Waals surface area contributed by atoms with Crippen LogP contribution in [-0.4, -0.2) is 54.3 Å². The van der Waals surface area contributed by atoms with Gasteiger partial charge in [0, 0.05) is 26.2 Å². The summed E-state index contributed by atoms with van der Waals surface area (Å²) in [7, 11) is 0. The molecule has 3 rings (SSSR count). The molecule has 2 amide bonds. The molecule has 1 aliphatic rings. The maximum absolute atomic E-state index is 13.0. The maximum Gasteiger partial charge on any atom is 0.418 e. The Morgan fingerprint density at radius 3 is 2.36 bits per heavy atom. The third kappa shape index (κ3) is 4.93. The van der Waals surface area contributed by atoms with Gasteiger partial charge in [-0.05, 0) is 40.2 Å². The number of hydrogen-bond donors (Lipinski definition) is 1. The van der Waals surface area contributed by atoms with Crippen molar-refractivity contribution >= 4 is 33.4 Å². The number of halogens is 4. The summed E-state index contributed by atoms with van der Waals surface area (Å²) >= 11 is 3.15. The Balaban J connectivity index is 1.53. The molecular formula is C18H17BrF3N3O3. The van der Waals surface area contributed by atoms with Gasteiger partial charge in [-0.2, -0.15) is 13.2 Å². The molecule has 0 aliphatic carbocycles. The summed E-state index contributed by atoms with van der Waals surface area (Å²) in [4.78, 5) is 27.9. The van der Waals surface area contributed by atoms with E-state index in [4.69, 9.17) is 4.42 Å². The smallest absolute Gasteiger partial charge is 0.418 e. The monoisotopic (exact) mass is 459 g/mol. The average molecular weight is 460 g/mol. The van der Waals surface area contributed by atoms with Crippen LogP contribution in [0.4, 0.5) is 18.9 Å². The van der Waals surface area contributed by atoms with Gasteiger partial charge in [0.15, 0.2) is 10.4 Å². The van der Waals surface area contributed by atoms with Gasteiger partial charge in [0.1, 0.15) is 0 Å². The van der Waals surface area contributed by atoms with Crippen molar-refractivity contribution in [1.82, 2.24) is 9.80 Å². The van der Waals surface area contributed by atoms with Crippen molar-refractivity contribution in [3.8, 4) is 0 Å². The Bertz CT molecular complexity index is 861. The Morgan fingerprint density at radius 1 is 1.07 bits per heavy atom. The second-order valence-corrected chi connectivity index (χ2v) is 7.05. The first-order chi connectivity index (χ1) is 13.2. The summed E-state index contributed by atoms with van der Waals surface area (Å²) in [5.41, 5.74) is -1.15. The second kappa shape index (κ2) is 8.36. The fraction of sp³-hybridized carbons (Fsp3) is 0.333. The highest BCUT2D eigenvalue weighted by Crippen LogP contribution is 2.34. The van der Waals surface area contributed by atoms with Crippen LogP contribution < -0.4 is 5.32 Å². The number of piperazine rings is 1. The molecular weight excluding hydrogens is 443 g/mol. The third-order valence-corrected chi connectivity index (χ3v) is 4.74. The van der Waals surface area contributed by atoms with Crippen molar-refractivity contribution in [1.29, 1.82) is 0 Å². The summed E-state index contributed by atoms with van der Waals surface area (Å²) in [6.07, 6.45) is -4.54. The van der Waals surface area contributed by atoms with Gasteiger partial charge in [-0.3, -0.25) is 14.5 Å². The van der Waals surface area contributed by atoms with Crippen LogP contribution in [0.3, 0.4) is 0 Å². The minimum Gasteiger partial charge on any atom is -0.444 e. The fourth-order valence-corrected chi connectivity index (χ4v) is 3.23. The topological polar surface area (TPSA) is 65.8 Å². The standard InChI is InChI=1S/C18H17BrF3N3O3/c19-15-6-5-14(28-15)17(27)25-9-7-24(8-10-25)11-16(26)23-13-4-2-1-3-12(13)18(20,21)22/h1-6H,7-11H2,(H,23,26). The van der Waals surface area contributed by atoms with Gasteiger partial charge in [-0.1, -0.05) is 12.1 Å². The van der Waals surface area contributed by atoms with E-state index in [-0.39, 0.29) is 23.9 Å². The van der Waals surface area contributed by atoms with Crippen LogP contribution in [0, 0.1) is 0 Å². The van der Waals surface area contributed by atoms with E-state index in [2.05, 4.69) is 21.2 Å². The van der Waals surface area contributed by atoms with Gasteiger partial charge in [0.2, 0.25) is 5.91 Å². The van der Waals surface area contributed by atoms with Crippen molar-refractivity contribution in [2.45, 2.75) is 6.18 Å². The lowest BCUT2D eigenvalue weighted by Crippen LogP contribution is -2.50. The molecule has 0 unspecified atom stereocenters. The van der Waals surface area contributed by atoms with Crippen molar-refractivity contribution in [2.24, 2.45) is 0 Å². The number of para-hydroxylation sites is 1. The normalized spacial score (nSPS) is 15.5. The minimum absolute atomic E-state index is 0.0550. The molecule has 0 saturated carbocycles. The molecule has 0 spiro atoms. The van der Waals surface area contributed by atoms with Gasteiger partial charge < -0.3 is 14.6 Å². The zero-order valence-electron chi connectivity index (χ0n) is 14.6. The lowest BCUT2D eigenvalue weighted by atomic mass is 10.1. The van der Waals surface area contributed by atoms with E-state index < -0.39 is 17.6 Å². The first kappa shape index (κ1) is 20.4. The first-order valence-corrected chi connectivity index (χ1v) is 9.26. The molecule has 1 aliphatic heterocycles. The maximum atomic E-state index is 13.0. The molecule has 2 heterocycles. The lowest BCUT2D eigenvalue weighted by molar-refractivity contribution is -0.137. The molecule has 1 N–H and O–H groups in total. The van der Waals surface area contributed by atoms with Gasteiger partial charge in [0.05, 0.1) is 17.8 Å². The number of benzene rings is 1. The number of anilines is 1. The summed E-state index contributed by atoms with van der Waals surface area (Å²) < 4.78 is 44.7. The summed E-state index contributed by atoms with van der Waals surface area (Å²) in [5.74, 6) is -0.554. The number of furan rings is 1. The van der Waals surface area contributed by atoms with Crippen LogP contribution >= 0.6 is 15.9 Å². The molecule has 1 fully saturated rings. The van der Waals surface area contributed by atoms with Crippen molar-refractivity contribution < 1.29 is 27.2 Å². The number of nitrogens with zero attached hydrogens (tertiary/aromatic N) is 2. The predicted octanol–water partition coefficient (Wildman–Crippen LogP) is 3.46. The molecule has 1 aromatic heterocycles. The van der Waals surface area contributed by atoms with E-state index in [1.807, 2.05) is 0 Å². The first-order valence-electron chi connectivity index (χ1n) is 8.47. The number of rotatable bonds is 4. The molecule has 6 nitrogen and oxygen atoms in total. The molecule has 10 heteroatoms. The number of amides is 2. The Morgan fingerprint density at radius 2 is 1.75 bits per heavy atom.